The number of allylic oxidation sites excluding steroid dienone is 1. The van der Waals surface area contributed by atoms with E-state index in [1.807, 2.05) is 0 Å². The summed E-state index contributed by atoms with van der Waals surface area (Å²) in [5.41, 5.74) is 2.60. The van der Waals surface area contributed by atoms with Gasteiger partial charge in [-0.2, -0.15) is 0 Å². The molecule has 4 aliphatic rings. The summed E-state index contributed by atoms with van der Waals surface area (Å²) in [6.07, 6.45) is 17.2. The van der Waals surface area contributed by atoms with Crippen LogP contribution < -0.4 is 0 Å². The standard InChI is InChI=1S/C27H46O.C2H3N/c1-18(2)7-6-8-19(3)23-11-12-24-22-10-9-20-17-21(28)13-15-26(20,4)25(22)14-16-27(23,24)5;1-2-3/h9,18-19,21-25,28H,6-8,10-17H2,1-5H3;3H,1H2/t19-,21+,22+,23-,24+,25+,26+,27-;/m1./s1. The highest BCUT2D eigenvalue weighted by Gasteiger charge is 2.59. The van der Waals surface area contributed by atoms with E-state index in [4.69, 9.17) is 5.41 Å². The van der Waals surface area contributed by atoms with Crippen molar-refractivity contribution in [1.82, 2.24) is 0 Å². The minimum Gasteiger partial charge on any atom is -0.393 e. The summed E-state index contributed by atoms with van der Waals surface area (Å²) in [6, 6.07) is 0. The Kier molecular flexibility index (Phi) is 7.97. The molecule has 0 spiro atoms. The minimum absolute atomic E-state index is 0.0766. The summed E-state index contributed by atoms with van der Waals surface area (Å²) in [5.74, 6) is 7.21. The molecule has 3 fully saturated rings. The molecule has 3 saturated carbocycles. The molecular weight excluding hydrogens is 378 g/mol. The molecule has 2 heteroatoms. The second kappa shape index (κ2) is 9.96. The molecule has 0 amide bonds. The monoisotopic (exact) mass is 427 g/mol. The molecule has 0 heterocycles. The van der Waals surface area contributed by atoms with Gasteiger partial charge in [-0.3, -0.25) is 5.41 Å². The van der Waals surface area contributed by atoms with Gasteiger partial charge >= 0.3 is 0 Å². The third kappa shape index (κ3) is 4.77. The van der Waals surface area contributed by atoms with Crippen LogP contribution in [0.4, 0.5) is 0 Å². The first-order valence-electron chi connectivity index (χ1n) is 13.2. The quantitative estimate of drug-likeness (QED) is 0.341. The lowest BCUT2D eigenvalue weighted by Crippen LogP contribution is -2.50. The molecule has 4 rings (SSSR count). The number of nitrogens with one attached hydrogen (secondary N) is 1. The van der Waals surface area contributed by atoms with Crippen LogP contribution in [0, 0.1) is 51.7 Å². The molecule has 8 atom stereocenters. The van der Waals surface area contributed by atoms with Gasteiger partial charge in [-0.15, -0.1) is 0 Å². The molecule has 0 aromatic heterocycles. The van der Waals surface area contributed by atoms with Crippen molar-refractivity contribution in [3.63, 3.8) is 0 Å². The van der Waals surface area contributed by atoms with Gasteiger partial charge in [0.05, 0.1) is 6.10 Å². The van der Waals surface area contributed by atoms with Crippen molar-refractivity contribution in [2.45, 2.75) is 111 Å². The SMILES string of the molecule is C=C=N.CC(C)CCC[C@@H](C)[C@H]1CC[C@H]2[C@@H]3CC=C4C[C@@H](O)CC[C@]4(C)[C@H]3CC[C@]12C. The molecule has 0 unspecified atom stereocenters. The predicted molar refractivity (Wildman–Crippen MR) is 132 cm³/mol. The maximum Gasteiger partial charge on any atom is 0.0577 e. The van der Waals surface area contributed by atoms with Crippen LogP contribution in [0.2, 0.25) is 0 Å². The lowest BCUT2D eigenvalue weighted by molar-refractivity contribution is -0.0573. The summed E-state index contributed by atoms with van der Waals surface area (Å²) in [4.78, 5) is 0. The summed E-state index contributed by atoms with van der Waals surface area (Å²) in [6.45, 7) is 15.5. The zero-order valence-corrected chi connectivity index (χ0v) is 21.1. The van der Waals surface area contributed by atoms with E-state index in [2.05, 4.69) is 47.3 Å². The maximum atomic E-state index is 10.2. The van der Waals surface area contributed by atoms with Crippen molar-refractivity contribution in [1.29, 1.82) is 5.41 Å². The first-order valence-corrected chi connectivity index (χ1v) is 13.2. The highest BCUT2D eigenvalue weighted by atomic mass is 16.3. The fourth-order valence-electron chi connectivity index (χ4n) is 8.67. The fraction of sp³-hybridized carbons (Fsp3) is 0.862. The first kappa shape index (κ1) is 24.8. The van der Waals surface area contributed by atoms with Gasteiger partial charge in [-0.1, -0.05) is 65.5 Å². The van der Waals surface area contributed by atoms with Gasteiger partial charge in [0.25, 0.3) is 0 Å². The van der Waals surface area contributed by atoms with Crippen LogP contribution in [0.1, 0.15) is 105 Å². The number of hydrogen-bond acceptors (Lipinski definition) is 2. The Morgan fingerprint density at radius 3 is 2.48 bits per heavy atom. The highest BCUT2D eigenvalue weighted by molar-refractivity contribution is 5.41. The minimum atomic E-state index is -0.0766. The molecule has 0 aromatic carbocycles. The Hall–Kier alpha value is -0.850. The second-order valence-electron chi connectivity index (χ2n) is 12.4. The summed E-state index contributed by atoms with van der Waals surface area (Å²) >= 11 is 0. The van der Waals surface area contributed by atoms with Crippen LogP contribution >= 0.6 is 0 Å². The topological polar surface area (TPSA) is 44.1 Å². The molecule has 2 nitrogen and oxygen atoms in total. The fourth-order valence-corrected chi connectivity index (χ4v) is 8.67. The van der Waals surface area contributed by atoms with Crippen LogP contribution in [-0.2, 0) is 0 Å². The van der Waals surface area contributed by atoms with Crippen molar-refractivity contribution in [2.24, 2.45) is 46.3 Å². The van der Waals surface area contributed by atoms with Crippen molar-refractivity contribution in [2.75, 3.05) is 0 Å². The lowest BCUT2D eigenvalue weighted by atomic mass is 9.47. The number of aliphatic hydroxyl groups is 1. The van der Waals surface area contributed by atoms with Gasteiger partial charge in [-0.05, 0) is 110 Å². The molecule has 0 bridgehead atoms. The normalized spacial score (nSPS) is 42.3. The molecule has 0 aromatic rings. The van der Waals surface area contributed by atoms with E-state index in [1.165, 1.54) is 57.8 Å². The average Bonchev–Trinajstić information content (AvgIpc) is 3.06. The van der Waals surface area contributed by atoms with Crippen molar-refractivity contribution in [3.05, 3.63) is 18.2 Å². The molecule has 31 heavy (non-hydrogen) atoms. The van der Waals surface area contributed by atoms with Crippen LogP contribution in [0.25, 0.3) is 0 Å². The van der Waals surface area contributed by atoms with E-state index in [-0.39, 0.29) is 6.10 Å². The van der Waals surface area contributed by atoms with E-state index in [0.717, 1.165) is 48.3 Å². The zero-order chi connectivity index (χ0) is 22.8. The van der Waals surface area contributed by atoms with Gasteiger partial charge < -0.3 is 5.11 Å². The number of aliphatic hydroxyl groups excluding tert-OH is 1. The number of hydrogen-bond donors (Lipinski definition) is 2. The van der Waals surface area contributed by atoms with E-state index in [9.17, 15) is 5.11 Å². The summed E-state index contributed by atoms with van der Waals surface area (Å²) in [7, 11) is 0. The molecule has 0 saturated heterocycles. The number of fused-ring (bicyclic) bond motifs is 5. The van der Waals surface area contributed by atoms with Gasteiger partial charge in [0.15, 0.2) is 0 Å². The van der Waals surface area contributed by atoms with Crippen molar-refractivity contribution >= 4 is 5.87 Å². The molecule has 2 N–H and O–H groups in total. The molecule has 0 aliphatic heterocycles. The number of rotatable bonds is 5. The molecular formula is C29H49NO. The third-order valence-corrected chi connectivity index (χ3v) is 10.3. The molecule has 0 radical (unpaired) electrons. The van der Waals surface area contributed by atoms with Crippen LogP contribution in [0.3, 0.4) is 0 Å². The Labute approximate surface area is 192 Å². The van der Waals surface area contributed by atoms with Gasteiger partial charge in [0, 0.05) is 0 Å². The Bertz CT molecular complexity index is 674. The Morgan fingerprint density at radius 1 is 1.10 bits per heavy atom. The van der Waals surface area contributed by atoms with E-state index < -0.39 is 0 Å². The summed E-state index contributed by atoms with van der Waals surface area (Å²) in [5, 5.41) is 16.1. The maximum absolute atomic E-state index is 10.2. The molecule has 176 valence electrons. The van der Waals surface area contributed by atoms with Gasteiger partial charge in [0.2, 0.25) is 0 Å². The van der Waals surface area contributed by atoms with E-state index in [1.54, 1.807) is 11.4 Å². The predicted octanol–water partition coefficient (Wildman–Crippen LogP) is 7.81. The smallest absolute Gasteiger partial charge is 0.0577 e. The highest BCUT2D eigenvalue weighted by Crippen LogP contribution is 2.67. The largest absolute Gasteiger partial charge is 0.393 e. The van der Waals surface area contributed by atoms with Crippen molar-refractivity contribution in [3.8, 4) is 0 Å². The van der Waals surface area contributed by atoms with E-state index in [0.29, 0.717) is 10.8 Å². The van der Waals surface area contributed by atoms with Crippen LogP contribution in [0.15, 0.2) is 18.2 Å². The zero-order valence-electron chi connectivity index (χ0n) is 21.1. The van der Waals surface area contributed by atoms with Crippen LogP contribution in [-0.4, -0.2) is 17.1 Å². The first-order chi connectivity index (χ1) is 14.7. The molecule has 4 aliphatic carbocycles. The Morgan fingerprint density at radius 2 is 1.81 bits per heavy atom. The summed E-state index contributed by atoms with van der Waals surface area (Å²) < 4.78 is 0. The van der Waals surface area contributed by atoms with Gasteiger partial charge in [-0.25, -0.2) is 0 Å². The third-order valence-electron chi connectivity index (χ3n) is 10.3. The van der Waals surface area contributed by atoms with Crippen molar-refractivity contribution < 1.29 is 5.11 Å². The second-order valence-corrected chi connectivity index (χ2v) is 12.4. The van der Waals surface area contributed by atoms with Gasteiger partial charge in [0.1, 0.15) is 0 Å². The van der Waals surface area contributed by atoms with Crippen LogP contribution in [0.5, 0.6) is 0 Å². The lowest BCUT2D eigenvalue weighted by Gasteiger charge is -2.58. The van der Waals surface area contributed by atoms with E-state index >= 15 is 0 Å². The average molecular weight is 428 g/mol. The Balaban J connectivity index is 0.000000858.